The monoisotopic (exact) mass is 414 g/mol. The molecule has 0 aliphatic carbocycles. The molecule has 172 valence electrons. The van der Waals surface area contributed by atoms with Crippen LogP contribution in [-0.2, 0) is 14.3 Å². The highest BCUT2D eigenvalue weighted by Gasteiger charge is 2.41. The quantitative estimate of drug-likeness (QED) is 0.187. The number of aliphatic carboxylic acids is 2. The maximum Gasteiger partial charge on any atom is 0.336 e. The van der Waals surface area contributed by atoms with Gasteiger partial charge < -0.3 is 14.9 Å². The zero-order chi connectivity index (χ0) is 21.8. The third-order valence-corrected chi connectivity index (χ3v) is 5.64. The van der Waals surface area contributed by atoms with E-state index < -0.39 is 24.0 Å². The van der Waals surface area contributed by atoms with E-state index in [1.807, 2.05) is 0 Å². The molecule has 0 aromatic rings. The number of ether oxygens (including phenoxy) is 1. The van der Waals surface area contributed by atoms with Crippen LogP contribution in [0, 0.1) is 0 Å². The average molecular weight is 415 g/mol. The second-order valence-corrected chi connectivity index (χ2v) is 8.42. The molecular formula is C24H46O5. The topological polar surface area (TPSA) is 83.8 Å². The van der Waals surface area contributed by atoms with Gasteiger partial charge in [0.15, 0.2) is 5.60 Å². The molecule has 2 N–H and O–H groups in total. The van der Waals surface area contributed by atoms with Crippen molar-refractivity contribution in [2.75, 3.05) is 6.61 Å². The Balaban J connectivity index is 4.22. The lowest BCUT2D eigenvalue weighted by Crippen LogP contribution is -2.44. The normalized spacial score (nSPS) is 13.3. The lowest BCUT2D eigenvalue weighted by atomic mass is 9.91. The molecule has 29 heavy (non-hydrogen) atoms. The van der Waals surface area contributed by atoms with Crippen molar-refractivity contribution < 1.29 is 24.5 Å². The molecule has 0 aliphatic rings. The first kappa shape index (κ1) is 27.9. The number of unbranched alkanes of at least 4 members (excludes halogenated alkanes) is 14. The van der Waals surface area contributed by atoms with Crippen molar-refractivity contribution in [1.29, 1.82) is 0 Å². The van der Waals surface area contributed by atoms with Crippen LogP contribution in [0.3, 0.4) is 0 Å². The number of rotatable bonds is 22. The van der Waals surface area contributed by atoms with Gasteiger partial charge in [0.2, 0.25) is 0 Å². The van der Waals surface area contributed by atoms with Gasteiger partial charge in [-0.25, -0.2) is 4.79 Å². The number of hydrogen-bond acceptors (Lipinski definition) is 3. The molecule has 0 radical (unpaired) electrons. The molecule has 0 aromatic heterocycles. The van der Waals surface area contributed by atoms with Gasteiger partial charge in [-0.2, -0.15) is 0 Å². The second kappa shape index (κ2) is 18.9. The third-order valence-electron chi connectivity index (χ3n) is 5.64. The molecular weight excluding hydrogens is 368 g/mol. The van der Waals surface area contributed by atoms with Gasteiger partial charge in [-0.05, 0) is 19.3 Å². The molecule has 0 heterocycles. The smallest absolute Gasteiger partial charge is 0.336 e. The SMILES string of the molecule is CCCCCCCCCCOC(CCCCCCCCCC)(CC(=O)O)C(=O)O. The summed E-state index contributed by atoms with van der Waals surface area (Å²) >= 11 is 0. The number of hydrogen-bond donors (Lipinski definition) is 2. The van der Waals surface area contributed by atoms with Crippen LogP contribution in [0.15, 0.2) is 0 Å². The molecule has 5 heteroatoms. The zero-order valence-corrected chi connectivity index (χ0v) is 19.1. The Morgan fingerprint density at radius 3 is 1.48 bits per heavy atom. The molecule has 1 atom stereocenters. The number of carboxylic acid groups (broad SMARTS) is 2. The predicted octanol–water partition coefficient (Wildman–Crippen LogP) is 6.97. The van der Waals surface area contributed by atoms with E-state index in [1.165, 1.54) is 57.8 Å². The maximum absolute atomic E-state index is 11.9. The van der Waals surface area contributed by atoms with Crippen LogP contribution >= 0.6 is 0 Å². The maximum atomic E-state index is 11.9. The summed E-state index contributed by atoms with van der Waals surface area (Å²) in [6.07, 6.45) is 17.9. The zero-order valence-electron chi connectivity index (χ0n) is 19.1. The van der Waals surface area contributed by atoms with E-state index in [1.54, 1.807) is 0 Å². The minimum Gasteiger partial charge on any atom is -0.481 e. The minimum atomic E-state index is -1.57. The lowest BCUT2D eigenvalue weighted by molar-refractivity contribution is -0.174. The van der Waals surface area contributed by atoms with E-state index >= 15 is 0 Å². The molecule has 0 saturated heterocycles. The van der Waals surface area contributed by atoms with Crippen LogP contribution in [0.25, 0.3) is 0 Å². The van der Waals surface area contributed by atoms with E-state index in [4.69, 9.17) is 4.74 Å². The first-order valence-electron chi connectivity index (χ1n) is 12.1. The number of carbonyl (C=O) groups is 2. The Morgan fingerprint density at radius 2 is 1.07 bits per heavy atom. The first-order chi connectivity index (χ1) is 14.0. The minimum absolute atomic E-state index is 0.278. The van der Waals surface area contributed by atoms with E-state index in [0.717, 1.165) is 38.5 Å². The summed E-state index contributed by atoms with van der Waals surface area (Å²) in [7, 11) is 0. The van der Waals surface area contributed by atoms with Crippen LogP contribution in [0.1, 0.15) is 129 Å². The highest BCUT2D eigenvalue weighted by Crippen LogP contribution is 2.26. The molecule has 0 spiro atoms. The molecule has 0 fully saturated rings. The van der Waals surface area contributed by atoms with Crippen molar-refractivity contribution >= 4 is 11.9 Å². The van der Waals surface area contributed by atoms with Gasteiger partial charge >= 0.3 is 11.9 Å². The Kier molecular flexibility index (Phi) is 18.2. The molecule has 1 unspecified atom stereocenters. The summed E-state index contributed by atoms with van der Waals surface area (Å²) in [6, 6.07) is 0. The molecule has 5 nitrogen and oxygen atoms in total. The highest BCUT2D eigenvalue weighted by molar-refractivity contribution is 5.83. The van der Waals surface area contributed by atoms with Crippen molar-refractivity contribution in [3.8, 4) is 0 Å². The first-order valence-corrected chi connectivity index (χ1v) is 12.1. The van der Waals surface area contributed by atoms with Gasteiger partial charge in [0, 0.05) is 6.61 Å². The predicted molar refractivity (Wildman–Crippen MR) is 118 cm³/mol. The summed E-state index contributed by atoms with van der Waals surface area (Å²) in [5.74, 6) is -2.25. The van der Waals surface area contributed by atoms with Crippen LogP contribution in [0.5, 0.6) is 0 Å². The van der Waals surface area contributed by atoms with Crippen molar-refractivity contribution in [3.63, 3.8) is 0 Å². The molecule has 0 aromatic carbocycles. The molecule has 0 rings (SSSR count). The second-order valence-electron chi connectivity index (χ2n) is 8.42. The fraction of sp³-hybridized carbons (Fsp3) is 0.917. The van der Waals surface area contributed by atoms with Crippen molar-refractivity contribution in [3.05, 3.63) is 0 Å². The van der Waals surface area contributed by atoms with Gasteiger partial charge in [0.1, 0.15) is 0 Å². The lowest BCUT2D eigenvalue weighted by Gasteiger charge is -2.28. The van der Waals surface area contributed by atoms with Crippen LogP contribution in [0.2, 0.25) is 0 Å². The fourth-order valence-corrected chi connectivity index (χ4v) is 3.75. The average Bonchev–Trinajstić information content (AvgIpc) is 2.67. The Morgan fingerprint density at radius 1 is 0.655 bits per heavy atom. The van der Waals surface area contributed by atoms with Gasteiger partial charge in [-0.1, -0.05) is 104 Å². The Labute approximate surface area is 178 Å². The highest BCUT2D eigenvalue weighted by atomic mass is 16.5. The van der Waals surface area contributed by atoms with Crippen molar-refractivity contribution in [2.45, 2.75) is 135 Å². The number of carboxylic acids is 2. The van der Waals surface area contributed by atoms with E-state index in [0.29, 0.717) is 13.0 Å². The Hall–Kier alpha value is -1.10. The Bertz CT molecular complexity index is 410. The van der Waals surface area contributed by atoms with E-state index in [9.17, 15) is 19.8 Å². The van der Waals surface area contributed by atoms with E-state index in [-0.39, 0.29) is 6.42 Å². The van der Waals surface area contributed by atoms with Gasteiger partial charge in [-0.3, -0.25) is 4.79 Å². The molecule has 0 aliphatic heterocycles. The van der Waals surface area contributed by atoms with Crippen molar-refractivity contribution in [1.82, 2.24) is 0 Å². The molecule has 0 saturated carbocycles. The summed E-state index contributed by atoms with van der Waals surface area (Å²) < 4.78 is 5.73. The van der Waals surface area contributed by atoms with Gasteiger partial charge in [0.05, 0.1) is 6.42 Å². The standard InChI is InChI=1S/C24H46O5/c1-3-5-7-9-11-13-15-17-19-24(23(27)28,21-22(25)26)29-20-18-16-14-12-10-8-6-4-2/h3-21H2,1-2H3,(H,25,26)(H,27,28). The summed E-state index contributed by atoms with van der Waals surface area (Å²) in [4.78, 5) is 23.1. The summed E-state index contributed by atoms with van der Waals surface area (Å²) in [5, 5.41) is 18.9. The fourth-order valence-electron chi connectivity index (χ4n) is 3.75. The summed E-state index contributed by atoms with van der Waals surface area (Å²) in [6.45, 7) is 4.73. The van der Waals surface area contributed by atoms with Crippen LogP contribution in [-0.4, -0.2) is 34.4 Å². The van der Waals surface area contributed by atoms with Gasteiger partial charge in [-0.15, -0.1) is 0 Å². The van der Waals surface area contributed by atoms with Crippen molar-refractivity contribution in [2.24, 2.45) is 0 Å². The third kappa shape index (κ3) is 15.4. The van der Waals surface area contributed by atoms with Crippen LogP contribution in [0.4, 0.5) is 0 Å². The van der Waals surface area contributed by atoms with Crippen LogP contribution < -0.4 is 0 Å². The van der Waals surface area contributed by atoms with E-state index in [2.05, 4.69) is 13.8 Å². The largest absolute Gasteiger partial charge is 0.481 e. The summed E-state index contributed by atoms with van der Waals surface area (Å²) in [5.41, 5.74) is -1.57. The van der Waals surface area contributed by atoms with Gasteiger partial charge in [0.25, 0.3) is 0 Å². The molecule has 0 amide bonds. The molecule has 0 bridgehead atoms.